The van der Waals surface area contributed by atoms with E-state index in [0.717, 1.165) is 12.0 Å². The van der Waals surface area contributed by atoms with Crippen LogP contribution < -0.4 is 0 Å². The molecule has 1 N–H and O–H groups in total. The molecule has 2 aromatic rings. The number of carboxylic acid groups (broad SMARTS) is 1. The van der Waals surface area contributed by atoms with Crippen molar-refractivity contribution in [2.75, 3.05) is 0 Å². The van der Waals surface area contributed by atoms with Crippen molar-refractivity contribution in [1.82, 2.24) is 20.2 Å². The molecule has 2 atom stereocenters. The van der Waals surface area contributed by atoms with E-state index in [1.54, 1.807) is 0 Å². The van der Waals surface area contributed by atoms with Crippen LogP contribution in [0.5, 0.6) is 0 Å². The molecule has 1 aromatic carbocycles. The molecule has 0 amide bonds. The Hall–Kier alpha value is -2.24. The van der Waals surface area contributed by atoms with Gasteiger partial charge in [0.15, 0.2) is 11.9 Å². The van der Waals surface area contributed by atoms with Gasteiger partial charge in [-0.25, -0.2) is 9.48 Å². The van der Waals surface area contributed by atoms with Crippen molar-refractivity contribution < 1.29 is 9.90 Å². The number of nitrogens with zero attached hydrogens (tertiary/aromatic N) is 4. The summed E-state index contributed by atoms with van der Waals surface area (Å²) in [6, 6.07) is 8.59. The molecule has 0 saturated carbocycles. The highest BCUT2D eigenvalue weighted by Crippen LogP contribution is 2.25. The van der Waals surface area contributed by atoms with Crippen LogP contribution in [0.3, 0.4) is 0 Å². The molecule has 0 aliphatic heterocycles. The second-order valence-electron chi connectivity index (χ2n) is 4.48. The molecule has 100 valence electrons. The van der Waals surface area contributed by atoms with Crippen LogP contribution in [0.1, 0.15) is 26.3 Å². The predicted octanol–water partition coefficient (Wildman–Crippen LogP) is 2.01. The zero-order valence-electron chi connectivity index (χ0n) is 10.9. The number of carboxylic acids is 1. The zero-order chi connectivity index (χ0) is 13.8. The second-order valence-corrected chi connectivity index (χ2v) is 4.48. The SMILES string of the molecule is CCC(C)C(C(=O)O)n1nnnc1-c1ccccc1. The summed E-state index contributed by atoms with van der Waals surface area (Å²) in [6.45, 7) is 3.84. The van der Waals surface area contributed by atoms with Gasteiger partial charge in [0.1, 0.15) is 0 Å². The summed E-state index contributed by atoms with van der Waals surface area (Å²) in [5, 5.41) is 20.8. The minimum atomic E-state index is -0.918. The van der Waals surface area contributed by atoms with E-state index in [9.17, 15) is 9.90 Å². The molecule has 6 nitrogen and oxygen atoms in total. The lowest BCUT2D eigenvalue weighted by Crippen LogP contribution is -2.27. The maximum absolute atomic E-state index is 11.5. The Kier molecular flexibility index (Phi) is 3.89. The topological polar surface area (TPSA) is 80.9 Å². The van der Waals surface area contributed by atoms with Crippen LogP contribution in [0.4, 0.5) is 0 Å². The van der Waals surface area contributed by atoms with Crippen LogP contribution in [-0.2, 0) is 4.79 Å². The van der Waals surface area contributed by atoms with Crippen molar-refractivity contribution in [3.05, 3.63) is 30.3 Å². The highest BCUT2D eigenvalue weighted by Gasteiger charge is 2.29. The minimum absolute atomic E-state index is 0.0523. The van der Waals surface area contributed by atoms with Gasteiger partial charge in [0.2, 0.25) is 0 Å². The van der Waals surface area contributed by atoms with Gasteiger partial charge in [0.05, 0.1) is 0 Å². The van der Waals surface area contributed by atoms with Gasteiger partial charge in [-0.2, -0.15) is 0 Å². The molecule has 0 fully saturated rings. The molecular formula is C13H16N4O2. The zero-order valence-corrected chi connectivity index (χ0v) is 10.9. The number of aliphatic carboxylic acids is 1. The molecule has 2 unspecified atom stereocenters. The Bertz CT molecular complexity index is 553. The molecular weight excluding hydrogens is 244 g/mol. The number of tetrazole rings is 1. The van der Waals surface area contributed by atoms with Gasteiger partial charge in [-0.15, -0.1) is 5.10 Å². The van der Waals surface area contributed by atoms with Crippen molar-refractivity contribution in [2.24, 2.45) is 5.92 Å². The molecule has 0 aliphatic rings. The fourth-order valence-electron chi connectivity index (χ4n) is 1.97. The van der Waals surface area contributed by atoms with Crippen molar-refractivity contribution in [3.8, 4) is 11.4 Å². The molecule has 1 heterocycles. The van der Waals surface area contributed by atoms with Crippen LogP contribution in [0.2, 0.25) is 0 Å². The third kappa shape index (κ3) is 2.62. The van der Waals surface area contributed by atoms with Gasteiger partial charge in [0.25, 0.3) is 0 Å². The van der Waals surface area contributed by atoms with Crippen LogP contribution in [0.25, 0.3) is 11.4 Å². The van der Waals surface area contributed by atoms with E-state index in [1.807, 2.05) is 44.2 Å². The smallest absolute Gasteiger partial charge is 0.328 e. The minimum Gasteiger partial charge on any atom is -0.480 e. The number of carbonyl (C=O) groups is 1. The van der Waals surface area contributed by atoms with Crippen LogP contribution >= 0.6 is 0 Å². The Morgan fingerprint density at radius 2 is 2.05 bits per heavy atom. The highest BCUT2D eigenvalue weighted by atomic mass is 16.4. The highest BCUT2D eigenvalue weighted by molar-refractivity contribution is 5.73. The van der Waals surface area contributed by atoms with Gasteiger partial charge < -0.3 is 5.11 Å². The fourth-order valence-corrected chi connectivity index (χ4v) is 1.97. The van der Waals surface area contributed by atoms with E-state index in [0.29, 0.717) is 5.82 Å². The first-order chi connectivity index (χ1) is 9.15. The molecule has 0 spiro atoms. The van der Waals surface area contributed by atoms with Crippen LogP contribution in [0, 0.1) is 5.92 Å². The van der Waals surface area contributed by atoms with Crippen molar-refractivity contribution >= 4 is 5.97 Å². The van der Waals surface area contributed by atoms with Gasteiger partial charge in [-0.3, -0.25) is 0 Å². The molecule has 19 heavy (non-hydrogen) atoms. The summed E-state index contributed by atoms with van der Waals surface area (Å²) in [6.07, 6.45) is 0.741. The molecule has 0 radical (unpaired) electrons. The first-order valence-electron chi connectivity index (χ1n) is 6.21. The summed E-state index contributed by atoms with van der Waals surface area (Å²) >= 11 is 0. The summed E-state index contributed by atoms with van der Waals surface area (Å²) in [5.74, 6) is -0.490. The van der Waals surface area contributed by atoms with E-state index in [4.69, 9.17) is 0 Å². The second kappa shape index (κ2) is 5.60. The maximum Gasteiger partial charge on any atom is 0.328 e. The monoisotopic (exact) mass is 260 g/mol. The van der Waals surface area contributed by atoms with Gasteiger partial charge in [-0.1, -0.05) is 50.6 Å². The van der Waals surface area contributed by atoms with Crippen LogP contribution in [0.15, 0.2) is 30.3 Å². The van der Waals surface area contributed by atoms with E-state index in [2.05, 4.69) is 15.5 Å². The number of hydrogen-bond acceptors (Lipinski definition) is 4. The summed E-state index contributed by atoms with van der Waals surface area (Å²) in [5.41, 5.74) is 0.807. The third-order valence-corrected chi connectivity index (χ3v) is 3.22. The van der Waals surface area contributed by atoms with Crippen LogP contribution in [-0.4, -0.2) is 31.3 Å². The van der Waals surface area contributed by atoms with E-state index in [-0.39, 0.29) is 5.92 Å². The number of benzene rings is 1. The first-order valence-corrected chi connectivity index (χ1v) is 6.21. The van der Waals surface area contributed by atoms with Crippen molar-refractivity contribution in [3.63, 3.8) is 0 Å². The van der Waals surface area contributed by atoms with Crippen molar-refractivity contribution in [1.29, 1.82) is 0 Å². The average molecular weight is 260 g/mol. The Morgan fingerprint density at radius 1 is 1.37 bits per heavy atom. The summed E-state index contributed by atoms with van der Waals surface area (Å²) < 4.78 is 1.39. The normalized spacial score (nSPS) is 14.0. The molecule has 6 heteroatoms. The summed E-state index contributed by atoms with van der Waals surface area (Å²) in [7, 11) is 0. The largest absolute Gasteiger partial charge is 0.480 e. The third-order valence-electron chi connectivity index (χ3n) is 3.22. The number of rotatable bonds is 5. The van der Waals surface area contributed by atoms with Gasteiger partial charge in [-0.05, 0) is 16.3 Å². The lowest BCUT2D eigenvalue weighted by Gasteiger charge is -2.19. The lowest BCUT2D eigenvalue weighted by molar-refractivity contribution is -0.142. The summed E-state index contributed by atoms with van der Waals surface area (Å²) in [4.78, 5) is 11.5. The Morgan fingerprint density at radius 3 is 2.63 bits per heavy atom. The number of hydrogen-bond donors (Lipinski definition) is 1. The maximum atomic E-state index is 11.5. The predicted molar refractivity (Wildman–Crippen MR) is 69.4 cm³/mol. The Balaban J connectivity index is 2.46. The van der Waals surface area contributed by atoms with E-state index >= 15 is 0 Å². The van der Waals surface area contributed by atoms with Gasteiger partial charge in [0, 0.05) is 5.56 Å². The molecule has 2 rings (SSSR count). The van der Waals surface area contributed by atoms with E-state index in [1.165, 1.54) is 4.68 Å². The molecule has 0 aliphatic carbocycles. The fraction of sp³-hybridized carbons (Fsp3) is 0.385. The standard InChI is InChI=1S/C13H16N4O2/c1-3-9(2)11(13(18)19)17-12(14-15-16-17)10-7-5-4-6-8-10/h4-9,11H,3H2,1-2H3,(H,18,19). The van der Waals surface area contributed by atoms with Gasteiger partial charge >= 0.3 is 5.97 Å². The molecule has 0 bridgehead atoms. The molecule has 1 aromatic heterocycles. The lowest BCUT2D eigenvalue weighted by atomic mass is 9.99. The number of aromatic nitrogens is 4. The Labute approximate surface area is 111 Å². The molecule has 0 saturated heterocycles. The average Bonchev–Trinajstić information content (AvgIpc) is 2.88. The van der Waals surface area contributed by atoms with Crippen molar-refractivity contribution in [2.45, 2.75) is 26.3 Å². The first kappa shape index (κ1) is 13.2. The van der Waals surface area contributed by atoms with E-state index < -0.39 is 12.0 Å². The quantitative estimate of drug-likeness (QED) is 0.889.